The molecule has 2 aromatic rings. The average molecular weight is 304 g/mol. The second kappa shape index (κ2) is 6.37. The maximum Gasteiger partial charge on any atom is 0.161 e. The van der Waals surface area contributed by atoms with Crippen molar-refractivity contribution >= 4 is 11.6 Å². The first-order chi connectivity index (χ1) is 10.2. The number of ether oxygens (including phenoxy) is 2. The highest BCUT2D eigenvalue weighted by molar-refractivity contribution is 6.31. The molecule has 3 rings (SSSR count). The van der Waals surface area contributed by atoms with E-state index < -0.39 is 0 Å². The Hall–Kier alpha value is -1.71. The molecule has 0 bridgehead atoms. The Morgan fingerprint density at radius 2 is 1.86 bits per heavy atom. The monoisotopic (exact) mass is 303 g/mol. The van der Waals surface area contributed by atoms with E-state index in [-0.39, 0.29) is 6.04 Å². The van der Waals surface area contributed by atoms with Gasteiger partial charge in [-0.05, 0) is 36.2 Å². The second-order valence-electron chi connectivity index (χ2n) is 5.10. The van der Waals surface area contributed by atoms with Gasteiger partial charge in [0.2, 0.25) is 0 Å². The molecule has 0 aromatic heterocycles. The van der Waals surface area contributed by atoms with Crippen molar-refractivity contribution in [3.63, 3.8) is 0 Å². The van der Waals surface area contributed by atoms with Crippen molar-refractivity contribution in [3.05, 3.63) is 58.6 Å². The summed E-state index contributed by atoms with van der Waals surface area (Å²) in [6, 6.07) is 14.2. The van der Waals surface area contributed by atoms with Gasteiger partial charge in [-0.1, -0.05) is 35.9 Å². The van der Waals surface area contributed by atoms with Crippen molar-refractivity contribution in [1.29, 1.82) is 0 Å². The molecule has 1 heterocycles. The van der Waals surface area contributed by atoms with Crippen LogP contribution in [0.4, 0.5) is 0 Å². The molecule has 2 aromatic carbocycles. The molecular weight excluding hydrogens is 286 g/mol. The lowest BCUT2D eigenvalue weighted by atomic mass is 10.1. The highest BCUT2D eigenvalue weighted by Gasteiger charge is 2.14. The van der Waals surface area contributed by atoms with E-state index in [1.165, 1.54) is 5.56 Å². The fraction of sp³-hybridized carbons (Fsp3) is 0.294. The first kappa shape index (κ1) is 14.2. The van der Waals surface area contributed by atoms with Gasteiger partial charge in [-0.25, -0.2) is 0 Å². The maximum atomic E-state index is 6.17. The Bertz CT molecular complexity index is 630. The van der Waals surface area contributed by atoms with E-state index in [1.54, 1.807) is 0 Å². The molecule has 0 amide bonds. The molecule has 0 aliphatic carbocycles. The number of fused-ring (bicyclic) bond motifs is 1. The summed E-state index contributed by atoms with van der Waals surface area (Å²) in [6.07, 6.45) is 0. The quantitative estimate of drug-likeness (QED) is 0.927. The third kappa shape index (κ3) is 3.31. The number of hydrogen-bond acceptors (Lipinski definition) is 3. The lowest BCUT2D eigenvalue weighted by molar-refractivity contribution is 0.171. The molecule has 1 unspecified atom stereocenters. The van der Waals surface area contributed by atoms with Crippen LogP contribution >= 0.6 is 11.6 Å². The number of rotatable bonds is 4. The molecular formula is C17H18ClNO2. The van der Waals surface area contributed by atoms with Crippen LogP contribution in [-0.2, 0) is 6.54 Å². The Kier molecular flexibility index (Phi) is 4.32. The molecule has 0 fully saturated rings. The van der Waals surface area contributed by atoms with Crippen LogP contribution in [0.5, 0.6) is 11.5 Å². The zero-order chi connectivity index (χ0) is 14.7. The SMILES string of the molecule is CC(NCc1ccccc1Cl)c1ccc2c(c1)OCCO2. The largest absolute Gasteiger partial charge is 0.486 e. The number of hydrogen-bond donors (Lipinski definition) is 1. The molecule has 4 heteroatoms. The van der Waals surface area contributed by atoms with Crippen LogP contribution in [0.1, 0.15) is 24.1 Å². The molecule has 1 aliphatic heterocycles. The van der Waals surface area contributed by atoms with E-state index in [2.05, 4.69) is 18.3 Å². The molecule has 0 radical (unpaired) electrons. The van der Waals surface area contributed by atoms with Crippen LogP contribution < -0.4 is 14.8 Å². The predicted octanol–water partition coefficient (Wildman–Crippen LogP) is 3.96. The highest BCUT2D eigenvalue weighted by atomic mass is 35.5. The third-order valence-corrected chi connectivity index (χ3v) is 3.99. The van der Waals surface area contributed by atoms with Crippen LogP contribution in [0.3, 0.4) is 0 Å². The fourth-order valence-corrected chi connectivity index (χ4v) is 2.55. The minimum absolute atomic E-state index is 0.206. The lowest BCUT2D eigenvalue weighted by Crippen LogP contribution is -2.19. The summed E-state index contributed by atoms with van der Waals surface area (Å²) < 4.78 is 11.2. The van der Waals surface area contributed by atoms with Crippen LogP contribution in [0, 0.1) is 0 Å². The molecule has 110 valence electrons. The summed E-state index contributed by atoms with van der Waals surface area (Å²) in [5, 5.41) is 4.27. The normalized spacial score (nSPS) is 14.8. The van der Waals surface area contributed by atoms with Gasteiger partial charge in [-0.15, -0.1) is 0 Å². The van der Waals surface area contributed by atoms with Gasteiger partial charge in [-0.2, -0.15) is 0 Å². The van der Waals surface area contributed by atoms with E-state index in [4.69, 9.17) is 21.1 Å². The fourth-order valence-electron chi connectivity index (χ4n) is 2.35. The summed E-state index contributed by atoms with van der Waals surface area (Å²) in [4.78, 5) is 0. The van der Waals surface area contributed by atoms with Crippen LogP contribution in [0.25, 0.3) is 0 Å². The van der Waals surface area contributed by atoms with Crippen molar-refractivity contribution < 1.29 is 9.47 Å². The zero-order valence-corrected chi connectivity index (χ0v) is 12.7. The minimum Gasteiger partial charge on any atom is -0.486 e. The third-order valence-electron chi connectivity index (χ3n) is 3.62. The predicted molar refractivity (Wildman–Crippen MR) is 84.1 cm³/mol. The Labute approximate surface area is 129 Å². The molecule has 0 saturated carbocycles. The minimum atomic E-state index is 0.206. The Balaban J connectivity index is 1.68. The lowest BCUT2D eigenvalue weighted by Gasteiger charge is -2.21. The smallest absolute Gasteiger partial charge is 0.161 e. The molecule has 1 aliphatic rings. The van der Waals surface area contributed by atoms with Crippen molar-refractivity contribution in [3.8, 4) is 11.5 Å². The van der Waals surface area contributed by atoms with E-state index >= 15 is 0 Å². The number of benzene rings is 2. The first-order valence-corrected chi connectivity index (χ1v) is 7.48. The summed E-state index contributed by atoms with van der Waals surface area (Å²) >= 11 is 6.17. The summed E-state index contributed by atoms with van der Waals surface area (Å²) in [6.45, 7) is 4.09. The van der Waals surface area contributed by atoms with Crippen LogP contribution in [-0.4, -0.2) is 13.2 Å². The van der Waals surface area contributed by atoms with Gasteiger partial charge in [-0.3, -0.25) is 0 Å². The first-order valence-electron chi connectivity index (χ1n) is 7.10. The van der Waals surface area contributed by atoms with E-state index in [1.807, 2.05) is 36.4 Å². The van der Waals surface area contributed by atoms with Gasteiger partial charge in [0.05, 0.1) is 0 Å². The maximum absolute atomic E-state index is 6.17. The van der Waals surface area contributed by atoms with Crippen molar-refractivity contribution in [2.75, 3.05) is 13.2 Å². The summed E-state index contributed by atoms with van der Waals surface area (Å²) in [5.74, 6) is 1.65. The summed E-state index contributed by atoms with van der Waals surface area (Å²) in [7, 11) is 0. The molecule has 1 atom stereocenters. The van der Waals surface area contributed by atoms with Gasteiger partial charge in [0.15, 0.2) is 11.5 Å². The van der Waals surface area contributed by atoms with Gasteiger partial charge < -0.3 is 14.8 Å². The topological polar surface area (TPSA) is 30.5 Å². The van der Waals surface area contributed by atoms with Crippen LogP contribution in [0.2, 0.25) is 5.02 Å². The standard InChI is InChI=1S/C17H18ClNO2/c1-12(19-11-14-4-2-3-5-15(14)18)13-6-7-16-17(10-13)21-9-8-20-16/h2-7,10,12,19H,8-9,11H2,1H3. The molecule has 21 heavy (non-hydrogen) atoms. The van der Waals surface area contributed by atoms with Gasteiger partial charge >= 0.3 is 0 Å². The second-order valence-corrected chi connectivity index (χ2v) is 5.50. The Morgan fingerprint density at radius 1 is 1.10 bits per heavy atom. The van der Waals surface area contributed by atoms with Crippen molar-refractivity contribution in [2.24, 2.45) is 0 Å². The van der Waals surface area contributed by atoms with E-state index in [0.29, 0.717) is 13.2 Å². The number of halogens is 1. The van der Waals surface area contributed by atoms with Gasteiger partial charge in [0.1, 0.15) is 13.2 Å². The van der Waals surface area contributed by atoms with Crippen LogP contribution in [0.15, 0.2) is 42.5 Å². The molecule has 3 nitrogen and oxygen atoms in total. The van der Waals surface area contributed by atoms with Gasteiger partial charge in [0.25, 0.3) is 0 Å². The zero-order valence-electron chi connectivity index (χ0n) is 11.9. The molecule has 1 N–H and O–H groups in total. The van der Waals surface area contributed by atoms with Gasteiger partial charge in [0, 0.05) is 17.6 Å². The Morgan fingerprint density at radius 3 is 2.67 bits per heavy atom. The van der Waals surface area contributed by atoms with E-state index in [9.17, 15) is 0 Å². The van der Waals surface area contributed by atoms with E-state index in [0.717, 1.165) is 28.6 Å². The average Bonchev–Trinajstić information content (AvgIpc) is 2.53. The summed E-state index contributed by atoms with van der Waals surface area (Å²) in [5.41, 5.74) is 2.27. The molecule has 0 spiro atoms. The van der Waals surface area contributed by atoms with Crippen molar-refractivity contribution in [2.45, 2.75) is 19.5 Å². The highest BCUT2D eigenvalue weighted by Crippen LogP contribution is 2.32. The molecule has 0 saturated heterocycles. The number of nitrogens with one attached hydrogen (secondary N) is 1. The van der Waals surface area contributed by atoms with Crippen molar-refractivity contribution in [1.82, 2.24) is 5.32 Å².